The molecule has 2 heteroatoms. The van der Waals surface area contributed by atoms with Crippen molar-refractivity contribution < 1.29 is 13.6 Å². The maximum atomic E-state index is 11.0. The second-order valence-corrected chi connectivity index (χ2v) is 3.82. The smallest absolute Gasteiger partial charge is 0.305 e. The maximum Gasteiger partial charge on any atom is 0.305 e. The highest BCUT2D eigenvalue weighted by molar-refractivity contribution is 5.68. The molecule has 0 aliphatic carbocycles. The zero-order valence-corrected chi connectivity index (χ0v) is 8.64. The lowest BCUT2D eigenvalue weighted by Crippen LogP contribution is -1.99. The summed E-state index contributed by atoms with van der Waals surface area (Å²) in [7, 11) is -2.59. The lowest BCUT2D eigenvalue weighted by atomic mass is 10.0. The van der Waals surface area contributed by atoms with Gasteiger partial charge in [-0.25, -0.2) is 0 Å². The van der Waals surface area contributed by atoms with E-state index >= 15 is 0 Å². The third-order valence-corrected chi connectivity index (χ3v) is 2.03. The normalized spacial score (nSPS) is 14.8. The van der Waals surface area contributed by atoms with Gasteiger partial charge in [0, 0.05) is 6.42 Å². The molecular weight excluding hydrogens is 164 g/mol. The second kappa shape index (κ2) is 8.09. The Morgan fingerprint density at radius 2 is 2.00 bits per heavy atom. The van der Waals surface area contributed by atoms with E-state index in [4.69, 9.17) is 4.11 Å². The predicted molar refractivity (Wildman–Crippen MR) is 54.6 cm³/mol. The number of rotatable bonds is 7. The number of unbranched alkanes of at least 4 members (excludes halogenated alkanes) is 3. The number of methoxy groups -OCH3 is 1. The first-order chi connectivity index (χ1) is 7.31. The van der Waals surface area contributed by atoms with Gasteiger partial charge < -0.3 is 4.74 Å². The van der Waals surface area contributed by atoms with Crippen LogP contribution in [-0.2, 0) is 9.53 Å². The van der Waals surface area contributed by atoms with Crippen molar-refractivity contribution in [2.24, 2.45) is 5.92 Å². The van der Waals surface area contributed by atoms with E-state index in [2.05, 4.69) is 18.6 Å². The molecule has 0 bridgehead atoms. The summed E-state index contributed by atoms with van der Waals surface area (Å²) in [6.45, 7) is 4.38. The molecule has 0 N–H and O–H groups in total. The molecular formula is C11H22O2. The molecule has 0 aromatic heterocycles. The van der Waals surface area contributed by atoms with Crippen molar-refractivity contribution in [3.05, 3.63) is 0 Å². The first-order valence-corrected chi connectivity index (χ1v) is 5.03. The van der Waals surface area contributed by atoms with Gasteiger partial charge in [0.05, 0.1) is 11.2 Å². The Labute approximate surface area is 85.9 Å². The van der Waals surface area contributed by atoms with Crippen LogP contribution in [0.4, 0.5) is 0 Å². The Bertz CT molecular complexity index is 200. The molecule has 0 amide bonds. The first kappa shape index (κ1) is 7.84. The average molecular weight is 189 g/mol. The fourth-order valence-corrected chi connectivity index (χ4v) is 1.23. The zero-order valence-electron chi connectivity index (χ0n) is 11.6. The summed E-state index contributed by atoms with van der Waals surface area (Å²) in [5.74, 6) is 0.101. The molecule has 0 radical (unpaired) electrons. The van der Waals surface area contributed by atoms with Crippen molar-refractivity contribution in [3.63, 3.8) is 0 Å². The number of carbonyl (C=O) groups is 1. The van der Waals surface area contributed by atoms with Crippen LogP contribution in [0.3, 0.4) is 0 Å². The average Bonchev–Trinajstić information content (AvgIpc) is 2.07. The highest BCUT2D eigenvalue weighted by atomic mass is 16.5. The highest BCUT2D eigenvalue weighted by Gasteiger charge is 1.99. The number of esters is 1. The fourth-order valence-electron chi connectivity index (χ4n) is 1.23. The predicted octanol–water partition coefficient (Wildman–Crippen LogP) is 3.16. The van der Waals surface area contributed by atoms with Gasteiger partial charge in [0.15, 0.2) is 0 Å². The van der Waals surface area contributed by atoms with E-state index in [1.165, 1.54) is 12.8 Å². The molecule has 0 aromatic rings. The molecule has 0 saturated heterocycles. The molecule has 0 heterocycles. The summed E-state index contributed by atoms with van der Waals surface area (Å²) in [6, 6.07) is 0. The molecule has 2 nitrogen and oxygen atoms in total. The SMILES string of the molecule is [2H]C([2H])([2H])OC(=O)CCCCCCC(C)C. The lowest BCUT2D eigenvalue weighted by Gasteiger charge is -2.03. The van der Waals surface area contributed by atoms with Crippen molar-refractivity contribution in [2.45, 2.75) is 52.4 Å². The summed E-state index contributed by atoms with van der Waals surface area (Å²) in [6.07, 6.45) is 5.36. The summed E-state index contributed by atoms with van der Waals surface area (Å²) >= 11 is 0. The first-order valence-electron chi connectivity index (χ1n) is 6.53. The summed E-state index contributed by atoms with van der Waals surface area (Å²) in [5, 5.41) is 0. The van der Waals surface area contributed by atoms with Crippen LogP contribution in [0.1, 0.15) is 56.5 Å². The van der Waals surface area contributed by atoms with Gasteiger partial charge in [-0.1, -0.05) is 39.5 Å². The molecule has 0 unspecified atom stereocenters. The minimum absolute atomic E-state index is 0.208. The topological polar surface area (TPSA) is 26.3 Å². The molecule has 0 atom stereocenters. The van der Waals surface area contributed by atoms with Crippen molar-refractivity contribution in [1.29, 1.82) is 0 Å². The van der Waals surface area contributed by atoms with E-state index in [1.54, 1.807) is 0 Å². The largest absolute Gasteiger partial charge is 0.469 e. The van der Waals surface area contributed by atoms with E-state index in [-0.39, 0.29) is 6.42 Å². The van der Waals surface area contributed by atoms with E-state index in [0.717, 1.165) is 18.8 Å². The molecule has 0 aliphatic rings. The van der Waals surface area contributed by atoms with Crippen molar-refractivity contribution >= 4 is 5.97 Å². The van der Waals surface area contributed by atoms with Crippen LogP contribution < -0.4 is 0 Å². The zero-order chi connectivity index (χ0) is 12.6. The molecule has 78 valence electrons. The van der Waals surface area contributed by atoms with Gasteiger partial charge in [0.2, 0.25) is 0 Å². The monoisotopic (exact) mass is 189 g/mol. The van der Waals surface area contributed by atoms with Gasteiger partial charge in [-0.2, -0.15) is 0 Å². The Morgan fingerprint density at radius 3 is 2.62 bits per heavy atom. The van der Waals surface area contributed by atoms with Crippen LogP contribution in [0.2, 0.25) is 0 Å². The van der Waals surface area contributed by atoms with Crippen molar-refractivity contribution in [2.75, 3.05) is 7.04 Å². The number of carbonyl (C=O) groups excluding carboxylic acids is 1. The van der Waals surface area contributed by atoms with Gasteiger partial charge in [0.25, 0.3) is 0 Å². The van der Waals surface area contributed by atoms with Crippen LogP contribution >= 0.6 is 0 Å². The van der Waals surface area contributed by atoms with Crippen LogP contribution in [0, 0.1) is 5.92 Å². The Balaban J connectivity index is 3.35. The Morgan fingerprint density at radius 1 is 1.31 bits per heavy atom. The van der Waals surface area contributed by atoms with Gasteiger partial charge in [-0.3, -0.25) is 4.79 Å². The molecule has 13 heavy (non-hydrogen) atoms. The summed E-state index contributed by atoms with van der Waals surface area (Å²) in [4.78, 5) is 11.0. The second-order valence-electron chi connectivity index (χ2n) is 3.82. The number of hydrogen-bond acceptors (Lipinski definition) is 2. The van der Waals surface area contributed by atoms with Crippen molar-refractivity contribution in [1.82, 2.24) is 0 Å². The minimum atomic E-state index is -2.59. The number of hydrogen-bond donors (Lipinski definition) is 0. The number of ether oxygens (including phenoxy) is 1. The third kappa shape index (κ3) is 9.38. The fraction of sp³-hybridized carbons (Fsp3) is 0.909. The maximum absolute atomic E-state index is 11.0. The Hall–Kier alpha value is -0.530. The van der Waals surface area contributed by atoms with E-state index in [9.17, 15) is 4.79 Å². The summed E-state index contributed by atoms with van der Waals surface area (Å²) < 4.78 is 24.5. The quantitative estimate of drug-likeness (QED) is 0.454. The molecule has 0 spiro atoms. The molecule has 0 aliphatic heterocycles. The van der Waals surface area contributed by atoms with E-state index in [0.29, 0.717) is 6.42 Å². The van der Waals surface area contributed by atoms with E-state index < -0.39 is 13.0 Å². The molecule has 0 saturated carbocycles. The lowest BCUT2D eigenvalue weighted by molar-refractivity contribution is -0.140. The molecule has 0 rings (SSSR count). The van der Waals surface area contributed by atoms with Crippen LogP contribution in [-0.4, -0.2) is 13.0 Å². The van der Waals surface area contributed by atoms with Crippen LogP contribution in [0.5, 0.6) is 0 Å². The standard InChI is InChI=1S/C11H22O2/c1-10(2)8-6-4-5-7-9-11(12)13-3/h10H,4-9H2,1-3H3/i3D3. The highest BCUT2D eigenvalue weighted by Crippen LogP contribution is 2.10. The molecule has 0 aromatic carbocycles. The van der Waals surface area contributed by atoms with Gasteiger partial charge in [0.1, 0.15) is 0 Å². The molecule has 0 fully saturated rings. The van der Waals surface area contributed by atoms with Crippen LogP contribution in [0.25, 0.3) is 0 Å². The van der Waals surface area contributed by atoms with Gasteiger partial charge >= 0.3 is 5.97 Å². The Kier molecular flexibility index (Phi) is 4.87. The van der Waals surface area contributed by atoms with E-state index in [1.807, 2.05) is 0 Å². The van der Waals surface area contributed by atoms with Crippen molar-refractivity contribution in [3.8, 4) is 0 Å². The van der Waals surface area contributed by atoms with Gasteiger partial charge in [-0.05, 0) is 12.3 Å². The third-order valence-electron chi connectivity index (χ3n) is 2.03. The van der Waals surface area contributed by atoms with Gasteiger partial charge in [-0.15, -0.1) is 0 Å². The summed E-state index contributed by atoms with van der Waals surface area (Å²) in [5.41, 5.74) is 0. The minimum Gasteiger partial charge on any atom is -0.469 e. The van der Waals surface area contributed by atoms with Crippen LogP contribution in [0.15, 0.2) is 0 Å².